The maximum absolute atomic E-state index is 6.11. The third-order valence-electron chi connectivity index (χ3n) is 1.62. The van der Waals surface area contributed by atoms with Gasteiger partial charge in [0.15, 0.2) is 0 Å². The van der Waals surface area contributed by atoms with E-state index in [4.69, 9.17) is 11.6 Å². The highest BCUT2D eigenvalue weighted by Gasteiger charge is 2.10. The summed E-state index contributed by atoms with van der Waals surface area (Å²) in [6, 6.07) is 11.0. The fourth-order valence-electron chi connectivity index (χ4n) is 0.938. The summed E-state index contributed by atoms with van der Waals surface area (Å²) in [5.41, 5.74) is 1.09. The Morgan fingerprint density at radius 2 is 2.09 bits per heavy atom. The van der Waals surface area contributed by atoms with E-state index in [2.05, 4.69) is 19.9 Å². The minimum Gasteiger partial charge on any atom is -0.118 e. The molecule has 1 aromatic rings. The number of alkyl halides is 1. The Morgan fingerprint density at radius 3 is 2.55 bits per heavy atom. The first-order valence-electron chi connectivity index (χ1n) is 3.82. The molecule has 0 N–H and O–H groups in total. The molecule has 1 unspecified atom stereocenters. The first-order chi connectivity index (χ1) is 5.22. The maximum atomic E-state index is 6.11. The van der Waals surface area contributed by atoms with Crippen LogP contribution in [0.4, 0.5) is 0 Å². The molecule has 1 heteroatoms. The zero-order valence-electron chi connectivity index (χ0n) is 6.84. The SMILES string of the molecule is CC(C)C(Cl)c1[c]cccc1. The Labute approximate surface area is 73.2 Å². The van der Waals surface area contributed by atoms with Crippen molar-refractivity contribution in [3.8, 4) is 0 Å². The van der Waals surface area contributed by atoms with Gasteiger partial charge < -0.3 is 0 Å². The lowest BCUT2D eigenvalue weighted by Crippen LogP contribution is -1.98. The van der Waals surface area contributed by atoms with Crippen LogP contribution in [0.3, 0.4) is 0 Å². The van der Waals surface area contributed by atoms with Crippen LogP contribution in [0.2, 0.25) is 0 Å². The van der Waals surface area contributed by atoms with Crippen molar-refractivity contribution in [2.75, 3.05) is 0 Å². The van der Waals surface area contributed by atoms with E-state index < -0.39 is 0 Å². The van der Waals surface area contributed by atoms with Crippen LogP contribution in [0, 0.1) is 12.0 Å². The number of rotatable bonds is 2. The van der Waals surface area contributed by atoms with Crippen LogP contribution in [-0.4, -0.2) is 0 Å². The molecule has 0 aromatic heterocycles. The molecule has 11 heavy (non-hydrogen) atoms. The maximum Gasteiger partial charge on any atom is 0.0614 e. The second-order valence-electron chi connectivity index (χ2n) is 2.96. The molecule has 0 bridgehead atoms. The van der Waals surface area contributed by atoms with Gasteiger partial charge in [0.05, 0.1) is 5.38 Å². The molecular weight excluding hydrogens is 156 g/mol. The molecule has 0 aliphatic carbocycles. The van der Waals surface area contributed by atoms with Crippen LogP contribution in [-0.2, 0) is 0 Å². The molecule has 0 spiro atoms. The monoisotopic (exact) mass is 167 g/mol. The van der Waals surface area contributed by atoms with E-state index in [1.165, 1.54) is 0 Å². The number of benzene rings is 1. The van der Waals surface area contributed by atoms with Crippen molar-refractivity contribution >= 4 is 11.6 Å². The lowest BCUT2D eigenvalue weighted by molar-refractivity contribution is 0.623. The van der Waals surface area contributed by atoms with Crippen molar-refractivity contribution in [2.24, 2.45) is 5.92 Å². The predicted octanol–water partition coefficient (Wildman–Crippen LogP) is 3.42. The first kappa shape index (κ1) is 8.61. The number of halogens is 1. The second-order valence-corrected chi connectivity index (χ2v) is 3.43. The average molecular weight is 168 g/mol. The van der Waals surface area contributed by atoms with E-state index >= 15 is 0 Å². The van der Waals surface area contributed by atoms with Gasteiger partial charge >= 0.3 is 0 Å². The van der Waals surface area contributed by atoms with Gasteiger partial charge in [-0.2, -0.15) is 0 Å². The average Bonchev–Trinajstić information content (AvgIpc) is 2.05. The van der Waals surface area contributed by atoms with Crippen molar-refractivity contribution in [3.05, 3.63) is 35.9 Å². The van der Waals surface area contributed by atoms with Crippen molar-refractivity contribution in [3.63, 3.8) is 0 Å². The van der Waals surface area contributed by atoms with Gasteiger partial charge in [0.1, 0.15) is 0 Å². The van der Waals surface area contributed by atoms with Crippen LogP contribution in [0.15, 0.2) is 24.3 Å². The molecule has 0 saturated heterocycles. The third-order valence-corrected chi connectivity index (χ3v) is 2.35. The molecule has 1 rings (SSSR count). The summed E-state index contributed by atoms with van der Waals surface area (Å²) in [5.74, 6) is 0.468. The molecule has 0 aliphatic rings. The van der Waals surface area contributed by atoms with E-state index in [1.807, 2.05) is 24.3 Å². The first-order valence-corrected chi connectivity index (χ1v) is 4.26. The summed E-state index contributed by atoms with van der Waals surface area (Å²) in [5, 5.41) is 0.0937. The van der Waals surface area contributed by atoms with E-state index in [-0.39, 0.29) is 5.38 Å². The largest absolute Gasteiger partial charge is 0.118 e. The minimum absolute atomic E-state index is 0.0937. The van der Waals surface area contributed by atoms with E-state index in [9.17, 15) is 0 Å². The fraction of sp³-hybridized carbons (Fsp3) is 0.400. The summed E-state index contributed by atoms with van der Waals surface area (Å²) in [7, 11) is 0. The lowest BCUT2D eigenvalue weighted by Gasteiger charge is -2.12. The van der Waals surface area contributed by atoms with Gasteiger partial charge in [-0.25, -0.2) is 0 Å². The number of hydrogen-bond acceptors (Lipinski definition) is 0. The molecule has 59 valence electrons. The summed E-state index contributed by atoms with van der Waals surface area (Å²) in [6.45, 7) is 4.22. The molecule has 0 amide bonds. The third kappa shape index (κ3) is 2.23. The van der Waals surface area contributed by atoms with Gasteiger partial charge in [-0.1, -0.05) is 38.1 Å². The smallest absolute Gasteiger partial charge is 0.0614 e. The highest BCUT2D eigenvalue weighted by molar-refractivity contribution is 6.20. The van der Waals surface area contributed by atoms with Gasteiger partial charge in [-0.15, -0.1) is 11.6 Å². The Morgan fingerprint density at radius 1 is 1.36 bits per heavy atom. The van der Waals surface area contributed by atoms with Crippen LogP contribution >= 0.6 is 11.6 Å². The highest BCUT2D eigenvalue weighted by atomic mass is 35.5. The highest BCUT2D eigenvalue weighted by Crippen LogP contribution is 2.27. The van der Waals surface area contributed by atoms with E-state index in [0.717, 1.165) is 5.56 Å². The lowest BCUT2D eigenvalue weighted by atomic mass is 10.0. The predicted molar refractivity (Wildman–Crippen MR) is 48.7 cm³/mol. The fourth-order valence-corrected chi connectivity index (χ4v) is 1.07. The quantitative estimate of drug-likeness (QED) is 0.593. The topological polar surface area (TPSA) is 0 Å². The summed E-state index contributed by atoms with van der Waals surface area (Å²) >= 11 is 6.11. The summed E-state index contributed by atoms with van der Waals surface area (Å²) < 4.78 is 0. The molecule has 0 saturated carbocycles. The molecule has 0 heterocycles. The zero-order chi connectivity index (χ0) is 8.27. The minimum atomic E-state index is 0.0937. The van der Waals surface area contributed by atoms with Crippen LogP contribution in [0.25, 0.3) is 0 Å². The van der Waals surface area contributed by atoms with Gasteiger partial charge in [-0.05, 0) is 17.5 Å². The van der Waals surface area contributed by atoms with Crippen molar-refractivity contribution in [2.45, 2.75) is 19.2 Å². The van der Waals surface area contributed by atoms with Gasteiger partial charge in [0.2, 0.25) is 0 Å². The Balaban J connectivity index is 2.77. The summed E-state index contributed by atoms with van der Waals surface area (Å²) in [6.07, 6.45) is 0. The molecular formula is C10H12Cl. The molecule has 1 radical (unpaired) electrons. The van der Waals surface area contributed by atoms with Crippen molar-refractivity contribution in [1.82, 2.24) is 0 Å². The second kappa shape index (κ2) is 3.77. The van der Waals surface area contributed by atoms with Crippen LogP contribution in [0.1, 0.15) is 24.8 Å². The van der Waals surface area contributed by atoms with Gasteiger partial charge in [0.25, 0.3) is 0 Å². The van der Waals surface area contributed by atoms with Crippen molar-refractivity contribution < 1.29 is 0 Å². The Bertz CT molecular complexity index is 203. The van der Waals surface area contributed by atoms with E-state index in [0.29, 0.717) is 5.92 Å². The molecule has 0 nitrogen and oxygen atoms in total. The van der Waals surface area contributed by atoms with Crippen LogP contribution in [0.5, 0.6) is 0 Å². The van der Waals surface area contributed by atoms with Gasteiger partial charge in [-0.3, -0.25) is 0 Å². The number of hydrogen-bond donors (Lipinski definition) is 0. The normalized spacial score (nSPS) is 13.5. The van der Waals surface area contributed by atoms with Crippen molar-refractivity contribution in [1.29, 1.82) is 0 Å². The zero-order valence-corrected chi connectivity index (χ0v) is 7.60. The molecule has 0 fully saturated rings. The summed E-state index contributed by atoms with van der Waals surface area (Å²) in [4.78, 5) is 0. The Kier molecular flexibility index (Phi) is 2.95. The van der Waals surface area contributed by atoms with E-state index in [1.54, 1.807) is 0 Å². The molecule has 0 aliphatic heterocycles. The molecule has 1 aromatic carbocycles. The van der Waals surface area contributed by atoms with Crippen LogP contribution < -0.4 is 0 Å². The standard InChI is InChI=1S/C10H12Cl/c1-8(2)10(11)9-6-4-3-5-7-9/h3-6,8,10H,1-2H3. The van der Waals surface area contributed by atoms with Gasteiger partial charge in [0, 0.05) is 0 Å². The molecule has 1 atom stereocenters. The Hall–Kier alpha value is -0.490.